The third-order valence-electron chi connectivity index (χ3n) is 4.77. The van der Waals surface area contributed by atoms with Gasteiger partial charge in [0.25, 0.3) is 0 Å². The molecule has 30 heavy (non-hydrogen) atoms. The number of aryl methyl sites for hydroxylation is 2. The van der Waals surface area contributed by atoms with Gasteiger partial charge in [-0.3, -0.25) is 9.78 Å². The van der Waals surface area contributed by atoms with Gasteiger partial charge in [-0.25, -0.2) is 4.98 Å². The van der Waals surface area contributed by atoms with Gasteiger partial charge in [0.2, 0.25) is 5.88 Å². The first-order valence-electron chi connectivity index (χ1n) is 10.1. The van der Waals surface area contributed by atoms with E-state index in [0.717, 1.165) is 45.1 Å². The number of fused-ring (bicyclic) bond motifs is 1. The second kappa shape index (κ2) is 8.10. The lowest BCUT2D eigenvalue weighted by Gasteiger charge is -2.14. The fraction of sp³-hybridized carbons (Fsp3) is 0.381. The Morgan fingerprint density at radius 1 is 1.23 bits per heavy atom. The van der Waals surface area contributed by atoms with Crippen LogP contribution in [-0.4, -0.2) is 41.8 Å². The lowest BCUT2D eigenvalue weighted by Crippen LogP contribution is -2.07. The molecule has 0 bridgehead atoms. The molecule has 2 N–H and O–H groups in total. The summed E-state index contributed by atoms with van der Waals surface area (Å²) in [6, 6.07) is 6.11. The minimum absolute atomic E-state index is 0.198. The van der Waals surface area contributed by atoms with Gasteiger partial charge in [0.1, 0.15) is 11.0 Å². The second-order valence-electron chi connectivity index (χ2n) is 7.45. The van der Waals surface area contributed by atoms with E-state index in [1.807, 2.05) is 43.7 Å². The Morgan fingerprint density at radius 3 is 2.77 bits per heavy atom. The van der Waals surface area contributed by atoms with E-state index in [9.17, 15) is 0 Å². The molecule has 4 aromatic heterocycles. The molecule has 0 aromatic carbocycles. The highest BCUT2D eigenvalue weighted by Gasteiger charge is 2.19. The molecule has 156 valence electrons. The van der Waals surface area contributed by atoms with Crippen molar-refractivity contribution in [1.29, 1.82) is 0 Å². The summed E-state index contributed by atoms with van der Waals surface area (Å²) in [5.74, 6) is 0.467. The molecule has 0 saturated heterocycles. The first kappa shape index (κ1) is 19.8. The number of ether oxygens (including phenoxy) is 1. The Balaban J connectivity index is 1.86. The van der Waals surface area contributed by atoms with Gasteiger partial charge in [-0.1, -0.05) is 0 Å². The molecular formula is C21H26N8O. The van der Waals surface area contributed by atoms with Gasteiger partial charge in [0.15, 0.2) is 0 Å². The molecule has 0 atom stereocenters. The van der Waals surface area contributed by atoms with Gasteiger partial charge in [-0.05, 0) is 52.8 Å². The largest absolute Gasteiger partial charge is 0.476 e. The third-order valence-corrected chi connectivity index (χ3v) is 4.77. The van der Waals surface area contributed by atoms with Crippen LogP contribution in [0.25, 0.3) is 22.3 Å². The molecule has 0 aliphatic heterocycles. The fourth-order valence-corrected chi connectivity index (χ4v) is 3.44. The van der Waals surface area contributed by atoms with Gasteiger partial charge in [-0.2, -0.15) is 15.3 Å². The van der Waals surface area contributed by atoms with Crippen LogP contribution in [0.15, 0.2) is 24.4 Å². The van der Waals surface area contributed by atoms with Crippen LogP contribution in [-0.2, 0) is 6.54 Å². The Hall–Kier alpha value is -3.49. The average molecular weight is 406 g/mol. The Kier molecular flexibility index (Phi) is 5.35. The van der Waals surface area contributed by atoms with Crippen LogP contribution in [0, 0.1) is 13.8 Å². The fourth-order valence-electron chi connectivity index (χ4n) is 3.44. The smallest absolute Gasteiger partial charge is 0.242 e. The molecule has 4 rings (SSSR count). The van der Waals surface area contributed by atoms with E-state index in [1.165, 1.54) is 0 Å². The topological polar surface area (TPSA) is 106 Å². The van der Waals surface area contributed by atoms with Crippen molar-refractivity contribution in [3.63, 3.8) is 0 Å². The maximum Gasteiger partial charge on any atom is 0.242 e. The normalized spacial score (nSPS) is 11.4. The zero-order valence-electron chi connectivity index (χ0n) is 17.9. The van der Waals surface area contributed by atoms with Crippen molar-refractivity contribution in [3.05, 3.63) is 41.5 Å². The van der Waals surface area contributed by atoms with Crippen molar-refractivity contribution < 1.29 is 4.74 Å². The highest BCUT2D eigenvalue weighted by Crippen LogP contribution is 2.34. The molecule has 0 spiro atoms. The molecular weight excluding hydrogens is 380 g/mol. The molecule has 0 fully saturated rings. The maximum absolute atomic E-state index is 5.68. The van der Waals surface area contributed by atoms with Gasteiger partial charge in [-0.15, -0.1) is 5.10 Å². The summed E-state index contributed by atoms with van der Waals surface area (Å²) in [5.41, 5.74) is 7.15. The number of H-pyrrole nitrogens is 1. The van der Waals surface area contributed by atoms with Crippen molar-refractivity contribution in [3.8, 4) is 17.1 Å². The molecule has 4 heterocycles. The lowest BCUT2D eigenvalue weighted by molar-refractivity contribution is 0.324. The molecule has 4 aromatic rings. The second-order valence-corrected chi connectivity index (χ2v) is 7.45. The van der Waals surface area contributed by atoms with Gasteiger partial charge in [0, 0.05) is 11.7 Å². The zero-order chi connectivity index (χ0) is 21.3. The molecule has 0 aliphatic rings. The number of aromatic amines is 1. The van der Waals surface area contributed by atoms with E-state index < -0.39 is 0 Å². The first-order valence-corrected chi connectivity index (χ1v) is 10.1. The summed E-state index contributed by atoms with van der Waals surface area (Å²) < 4.78 is 7.69. The van der Waals surface area contributed by atoms with Crippen LogP contribution in [0.3, 0.4) is 0 Å². The van der Waals surface area contributed by atoms with Crippen LogP contribution < -0.4 is 10.1 Å². The summed E-state index contributed by atoms with van der Waals surface area (Å²) in [6.45, 7) is 11.2. The number of hydrogen-bond acceptors (Lipinski definition) is 7. The standard InChI is InChI=1S/C21H26N8O/c1-6-30-21-16(7-8-23-27-21)17-10-18(22-11-15-9-13(4)25-26-15)20-19(24-17)14(5)28-29(20)12(2)3/h7-10,12H,6,11H2,1-5H3,(H,22,24)(H,25,26). The van der Waals surface area contributed by atoms with E-state index in [0.29, 0.717) is 19.0 Å². The predicted octanol–water partition coefficient (Wildman–Crippen LogP) is 3.82. The highest BCUT2D eigenvalue weighted by molar-refractivity contribution is 5.93. The molecule has 0 unspecified atom stereocenters. The number of pyridine rings is 1. The van der Waals surface area contributed by atoms with Crippen LogP contribution in [0.5, 0.6) is 5.88 Å². The SMILES string of the molecule is CCOc1nnccc1-c1cc(NCc2cc(C)[nH]n2)c2c(n1)c(C)nn2C(C)C. The Labute approximate surface area is 174 Å². The van der Waals surface area contributed by atoms with E-state index in [2.05, 4.69) is 39.6 Å². The summed E-state index contributed by atoms with van der Waals surface area (Å²) in [4.78, 5) is 4.92. The zero-order valence-corrected chi connectivity index (χ0v) is 17.9. The number of anilines is 1. The van der Waals surface area contributed by atoms with Crippen LogP contribution in [0.4, 0.5) is 5.69 Å². The molecule has 0 radical (unpaired) electrons. The summed E-state index contributed by atoms with van der Waals surface area (Å²) >= 11 is 0. The predicted molar refractivity (Wildman–Crippen MR) is 115 cm³/mol. The molecule has 9 nitrogen and oxygen atoms in total. The van der Waals surface area contributed by atoms with E-state index in [1.54, 1.807) is 6.20 Å². The highest BCUT2D eigenvalue weighted by atomic mass is 16.5. The lowest BCUT2D eigenvalue weighted by atomic mass is 10.1. The van der Waals surface area contributed by atoms with Crippen molar-refractivity contribution in [2.24, 2.45) is 0 Å². The molecule has 9 heteroatoms. The van der Waals surface area contributed by atoms with Gasteiger partial charge >= 0.3 is 0 Å². The van der Waals surface area contributed by atoms with Crippen LogP contribution >= 0.6 is 0 Å². The molecule has 0 amide bonds. The number of rotatable bonds is 7. The first-order chi connectivity index (χ1) is 14.5. The van der Waals surface area contributed by atoms with Crippen LogP contribution in [0.1, 0.15) is 43.9 Å². The number of nitrogens with one attached hydrogen (secondary N) is 2. The minimum Gasteiger partial charge on any atom is -0.476 e. The van der Waals surface area contributed by atoms with Crippen molar-refractivity contribution in [2.45, 2.75) is 47.2 Å². The van der Waals surface area contributed by atoms with E-state index in [-0.39, 0.29) is 6.04 Å². The number of aromatic nitrogens is 7. The third kappa shape index (κ3) is 3.70. The van der Waals surface area contributed by atoms with Crippen molar-refractivity contribution in [2.75, 3.05) is 11.9 Å². The monoisotopic (exact) mass is 406 g/mol. The summed E-state index contributed by atoms with van der Waals surface area (Å²) in [6.07, 6.45) is 1.65. The number of nitrogens with zero attached hydrogens (tertiary/aromatic N) is 6. The average Bonchev–Trinajstić information content (AvgIpc) is 3.30. The Bertz CT molecular complexity index is 1180. The van der Waals surface area contributed by atoms with Crippen LogP contribution in [0.2, 0.25) is 0 Å². The summed E-state index contributed by atoms with van der Waals surface area (Å²) in [7, 11) is 0. The van der Waals surface area contributed by atoms with Gasteiger partial charge < -0.3 is 10.1 Å². The van der Waals surface area contributed by atoms with Crippen molar-refractivity contribution in [1.82, 2.24) is 35.2 Å². The summed E-state index contributed by atoms with van der Waals surface area (Å²) in [5, 5.41) is 23.7. The maximum atomic E-state index is 5.68. The quantitative estimate of drug-likeness (QED) is 0.480. The minimum atomic E-state index is 0.198. The van der Waals surface area contributed by atoms with E-state index in [4.69, 9.17) is 14.8 Å². The molecule has 0 aliphatic carbocycles. The van der Waals surface area contributed by atoms with Gasteiger partial charge in [0.05, 0.1) is 47.7 Å². The molecule has 0 saturated carbocycles. The number of hydrogen-bond donors (Lipinski definition) is 2. The Morgan fingerprint density at radius 2 is 2.07 bits per heavy atom. The van der Waals surface area contributed by atoms with Crippen molar-refractivity contribution >= 4 is 16.7 Å². The van der Waals surface area contributed by atoms with E-state index >= 15 is 0 Å².